The Hall–Kier alpha value is -1.20. The summed E-state index contributed by atoms with van der Waals surface area (Å²) >= 11 is 3.16. The first kappa shape index (κ1) is 12.3. The monoisotopic (exact) mass is 266 g/mol. The maximum Gasteiger partial charge on any atom is 0.280 e. The SMILES string of the molecule is Cc1nc(C(=O)NCCc2cccs2)sc1C. The summed E-state index contributed by atoms with van der Waals surface area (Å²) < 4.78 is 0. The number of hydrogen-bond acceptors (Lipinski definition) is 4. The van der Waals surface area contributed by atoms with E-state index in [1.807, 2.05) is 25.3 Å². The van der Waals surface area contributed by atoms with Gasteiger partial charge in [-0.3, -0.25) is 4.79 Å². The molecule has 0 radical (unpaired) electrons. The van der Waals surface area contributed by atoms with Gasteiger partial charge in [0, 0.05) is 16.3 Å². The first-order valence-electron chi connectivity index (χ1n) is 5.41. The summed E-state index contributed by atoms with van der Waals surface area (Å²) in [5.74, 6) is -0.0669. The van der Waals surface area contributed by atoms with Gasteiger partial charge in [-0.1, -0.05) is 6.07 Å². The zero-order valence-electron chi connectivity index (χ0n) is 9.82. The van der Waals surface area contributed by atoms with Crippen LogP contribution in [0.1, 0.15) is 25.3 Å². The number of carbonyl (C=O) groups excluding carboxylic acids is 1. The molecule has 2 aromatic rings. The Balaban J connectivity index is 1.85. The second-order valence-corrected chi connectivity index (χ2v) is 5.98. The molecule has 0 fully saturated rings. The number of thiophene rings is 1. The molecule has 1 N–H and O–H groups in total. The number of hydrogen-bond donors (Lipinski definition) is 1. The smallest absolute Gasteiger partial charge is 0.280 e. The summed E-state index contributed by atoms with van der Waals surface area (Å²) in [5, 5.41) is 5.50. The van der Waals surface area contributed by atoms with Gasteiger partial charge < -0.3 is 5.32 Å². The minimum Gasteiger partial charge on any atom is -0.350 e. The van der Waals surface area contributed by atoms with Gasteiger partial charge >= 0.3 is 0 Å². The Kier molecular flexibility index (Phi) is 3.91. The minimum absolute atomic E-state index is 0.0669. The molecule has 5 heteroatoms. The standard InChI is InChI=1S/C12H14N2OS2/c1-8-9(2)17-12(14-8)11(15)13-6-5-10-4-3-7-16-10/h3-4,7H,5-6H2,1-2H3,(H,13,15). The number of nitrogens with zero attached hydrogens (tertiary/aromatic N) is 1. The summed E-state index contributed by atoms with van der Waals surface area (Å²) in [5.41, 5.74) is 0.943. The normalized spacial score (nSPS) is 10.5. The van der Waals surface area contributed by atoms with Crippen molar-refractivity contribution in [3.8, 4) is 0 Å². The van der Waals surface area contributed by atoms with Gasteiger partial charge in [0.2, 0.25) is 0 Å². The molecule has 0 saturated carbocycles. The summed E-state index contributed by atoms with van der Waals surface area (Å²) in [6.07, 6.45) is 0.882. The minimum atomic E-state index is -0.0669. The number of thiazole rings is 1. The molecule has 0 aliphatic heterocycles. The number of carbonyl (C=O) groups is 1. The lowest BCUT2D eigenvalue weighted by Crippen LogP contribution is -2.25. The first-order chi connectivity index (χ1) is 8.16. The highest BCUT2D eigenvalue weighted by atomic mass is 32.1. The van der Waals surface area contributed by atoms with Gasteiger partial charge in [-0.15, -0.1) is 22.7 Å². The fraction of sp³-hybridized carbons (Fsp3) is 0.333. The van der Waals surface area contributed by atoms with Crippen molar-refractivity contribution in [1.82, 2.24) is 10.3 Å². The third-order valence-corrected chi connectivity index (χ3v) is 4.47. The molecule has 0 unspecified atom stereocenters. The lowest BCUT2D eigenvalue weighted by Gasteiger charge is -2.00. The molecule has 2 heterocycles. The van der Waals surface area contributed by atoms with Gasteiger partial charge in [0.15, 0.2) is 5.01 Å². The third-order valence-electron chi connectivity index (χ3n) is 2.46. The van der Waals surface area contributed by atoms with E-state index in [1.54, 1.807) is 11.3 Å². The highest BCUT2D eigenvalue weighted by molar-refractivity contribution is 7.13. The van der Waals surface area contributed by atoms with Crippen LogP contribution in [0.5, 0.6) is 0 Å². The van der Waals surface area contributed by atoms with E-state index >= 15 is 0 Å². The molecule has 2 rings (SSSR count). The van der Waals surface area contributed by atoms with Crippen molar-refractivity contribution in [3.63, 3.8) is 0 Å². The zero-order chi connectivity index (χ0) is 12.3. The molecule has 90 valence electrons. The van der Waals surface area contributed by atoms with Gasteiger partial charge in [0.05, 0.1) is 5.69 Å². The van der Waals surface area contributed by atoms with E-state index in [9.17, 15) is 4.79 Å². The Morgan fingerprint density at radius 2 is 2.29 bits per heavy atom. The van der Waals surface area contributed by atoms with E-state index in [0.29, 0.717) is 11.6 Å². The molecule has 0 saturated heterocycles. The summed E-state index contributed by atoms with van der Waals surface area (Å²) in [6.45, 7) is 4.57. The largest absolute Gasteiger partial charge is 0.350 e. The molecule has 17 heavy (non-hydrogen) atoms. The fourth-order valence-electron chi connectivity index (χ4n) is 1.40. The van der Waals surface area contributed by atoms with Crippen LogP contribution < -0.4 is 5.32 Å². The van der Waals surface area contributed by atoms with Crippen LogP contribution in [0, 0.1) is 13.8 Å². The molecular weight excluding hydrogens is 252 g/mol. The third kappa shape index (κ3) is 3.14. The van der Waals surface area contributed by atoms with Gasteiger partial charge in [-0.25, -0.2) is 4.98 Å². The predicted molar refractivity (Wildman–Crippen MR) is 71.9 cm³/mol. The van der Waals surface area contributed by atoms with Crippen LogP contribution in [-0.4, -0.2) is 17.4 Å². The Morgan fingerprint density at radius 1 is 1.47 bits per heavy atom. The second-order valence-electron chi connectivity index (χ2n) is 3.75. The van der Waals surface area contributed by atoms with Crippen molar-refractivity contribution in [3.05, 3.63) is 38.0 Å². The number of nitrogens with one attached hydrogen (secondary N) is 1. The van der Waals surface area contributed by atoms with Gasteiger partial charge in [0.25, 0.3) is 5.91 Å². The predicted octanol–water partition coefficient (Wildman–Crippen LogP) is 2.79. The lowest BCUT2D eigenvalue weighted by molar-refractivity contribution is 0.0953. The number of aryl methyl sites for hydroxylation is 2. The van der Waals surface area contributed by atoms with Crippen molar-refractivity contribution < 1.29 is 4.79 Å². The Morgan fingerprint density at radius 3 is 2.88 bits per heavy atom. The molecule has 3 nitrogen and oxygen atoms in total. The molecule has 0 aliphatic carbocycles. The van der Waals surface area contributed by atoms with Crippen LogP contribution in [-0.2, 0) is 6.42 Å². The maximum atomic E-state index is 11.8. The highest BCUT2D eigenvalue weighted by Crippen LogP contribution is 2.16. The van der Waals surface area contributed by atoms with E-state index < -0.39 is 0 Å². The van der Waals surface area contributed by atoms with E-state index in [4.69, 9.17) is 0 Å². The molecule has 0 bridgehead atoms. The van der Waals surface area contributed by atoms with Crippen molar-refractivity contribution in [1.29, 1.82) is 0 Å². The second kappa shape index (κ2) is 5.42. The fourth-order valence-corrected chi connectivity index (χ4v) is 2.94. The highest BCUT2D eigenvalue weighted by Gasteiger charge is 2.11. The van der Waals surface area contributed by atoms with Crippen LogP contribution in [0.15, 0.2) is 17.5 Å². The molecule has 0 aromatic carbocycles. The summed E-state index contributed by atoms with van der Waals surface area (Å²) in [4.78, 5) is 18.4. The topological polar surface area (TPSA) is 42.0 Å². The van der Waals surface area contributed by atoms with Crippen LogP contribution in [0.2, 0.25) is 0 Å². The molecule has 0 spiro atoms. The lowest BCUT2D eigenvalue weighted by atomic mass is 10.3. The average Bonchev–Trinajstić information content (AvgIpc) is 2.90. The number of amides is 1. The van der Waals surface area contributed by atoms with Crippen LogP contribution in [0.4, 0.5) is 0 Å². The molecule has 1 amide bonds. The number of aromatic nitrogens is 1. The van der Waals surface area contributed by atoms with E-state index in [1.165, 1.54) is 16.2 Å². The number of rotatable bonds is 4. The maximum absolute atomic E-state index is 11.8. The van der Waals surface area contributed by atoms with Gasteiger partial charge in [0.1, 0.15) is 0 Å². The van der Waals surface area contributed by atoms with Gasteiger partial charge in [-0.2, -0.15) is 0 Å². The van der Waals surface area contributed by atoms with Crippen molar-refractivity contribution in [2.45, 2.75) is 20.3 Å². The summed E-state index contributed by atoms with van der Waals surface area (Å²) in [6, 6.07) is 4.10. The molecule has 0 atom stereocenters. The first-order valence-corrected chi connectivity index (χ1v) is 7.11. The molecular formula is C12H14N2OS2. The van der Waals surface area contributed by atoms with Crippen LogP contribution >= 0.6 is 22.7 Å². The van der Waals surface area contributed by atoms with Gasteiger partial charge in [-0.05, 0) is 31.7 Å². The van der Waals surface area contributed by atoms with Crippen molar-refractivity contribution in [2.24, 2.45) is 0 Å². The average molecular weight is 266 g/mol. The van der Waals surface area contributed by atoms with E-state index in [0.717, 1.165) is 17.0 Å². The van der Waals surface area contributed by atoms with Crippen LogP contribution in [0.25, 0.3) is 0 Å². The summed E-state index contributed by atoms with van der Waals surface area (Å²) in [7, 11) is 0. The Bertz CT molecular complexity index is 483. The van der Waals surface area contributed by atoms with Crippen LogP contribution in [0.3, 0.4) is 0 Å². The molecule has 2 aromatic heterocycles. The molecule has 0 aliphatic rings. The Labute approximate surface area is 109 Å². The van der Waals surface area contributed by atoms with E-state index in [2.05, 4.69) is 16.4 Å². The van der Waals surface area contributed by atoms with Crippen molar-refractivity contribution >= 4 is 28.6 Å². The van der Waals surface area contributed by atoms with Crippen molar-refractivity contribution in [2.75, 3.05) is 6.54 Å². The quantitative estimate of drug-likeness (QED) is 0.924. The zero-order valence-corrected chi connectivity index (χ0v) is 11.5. The van der Waals surface area contributed by atoms with E-state index in [-0.39, 0.29) is 5.91 Å².